The number of aliphatic hydroxyl groups is 1. The molecule has 0 saturated heterocycles. The number of hydrogen-bond donors (Lipinski definition) is 1. The van der Waals surface area contributed by atoms with E-state index >= 15 is 0 Å². The fraction of sp³-hybridized carbons (Fsp3) is 0.154. The zero-order valence-corrected chi connectivity index (χ0v) is 10.0. The first kappa shape index (κ1) is 10.5. The Bertz CT molecular complexity index is 628. The van der Waals surface area contributed by atoms with Crippen LogP contribution in [0.4, 0.5) is 0 Å². The standard InChI is InChI=1S/C13H12N2OS/c16-5-4-15-13-7-10(12-3-6-17-9-12)1-2-11(13)8-14-15/h1-3,6-9,16H,4-5H2. The van der Waals surface area contributed by atoms with Crippen molar-refractivity contribution in [3.8, 4) is 11.1 Å². The maximum atomic E-state index is 8.99. The molecule has 0 saturated carbocycles. The summed E-state index contributed by atoms with van der Waals surface area (Å²) in [6, 6.07) is 8.41. The molecular weight excluding hydrogens is 232 g/mol. The second-order valence-electron chi connectivity index (χ2n) is 3.88. The molecule has 4 heteroatoms. The summed E-state index contributed by atoms with van der Waals surface area (Å²) < 4.78 is 1.84. The monoisotopic (exact) mass is 244 g/mol. The fourth-order valence-corrected chi connectivity index (χ4v) is 2.62. The molecule has 1 N–H and O–H groups in total. The second-order valence-corrected chi connectivity index (χ2v) is 4.66. The lowest BCUT2D eigenvalue weighted by atomic mass is 10.1. The quantitative estimate of drug-likeness (QED) is 0.769. The average Bonchev–Trinajstić information content (AvgIpc) is 2.98. The van der Waals surface area contributed by atoms with Gasteiger partial charge in [-0.3, -0.25) is 4.68 Å². The molecule has 0 aliphatic carbocycles. The summed E-state index contributed by atoms with van der Waals surface area (Å²) in [7, 11) is 0. The summed E-state index contributed by atoms with van der Waals surface area (Å²) in [5.74, 6) is 0. The Balaban J connectivity index is 2.13. The topological polar surface area (TPSA) is 38.0 Å². The van der Waals surface area contributed by atoms with Crippen LogP contribution in [0.3, 0.4) is 0 Å². The number of nitrogens with zero attached hydrogens (tertiary/aromatic N) is 2. The van der Waals surface area contributed by atoms with Crippen molar-refractivity contribution in [3.05, 3.63) is 41.2 Å². The van der Waals surface area contributed by atoms with E-state index in [2.05, 4.69) is 40.1 Å². The van der Waals surface area contributed by atoms with Gasteiger partial charge in [0.05, 0.1) is 24.9 Å². The number of fused-ring (bicyclic) bond motifs is 1. The van der Waals surface area contributed by atoms with Crippen LogP contribution in [0.2, 0.25) is 0 Å². The van der Waals surface area contributed by atoms with E-state index in [9.17, 15) is 0 Å². The van der Waals surface area contributed by atoms with Crippen LogP contribution in [0, 0.1) is 0 Å². The number of rotatable bonds is 3. The lowest BCUT2D eigenvalue weighted by molar-refractivity contribution is 0.271. The Labute approximate surface area is 103 Å². The summed E-state index contributed by atoms with van der Waals surface area (Å²) in [5, 5.41) is 18.6. The van der Waals surface area contributed by atoms with E-state index in [4.69, 9.17) is 5.11 Å². The Hall–Kier alpha value is -1.65. The first-order valence-electron chi connectivity index (χ1n) is 5.47. The number of benzene rings is 1. The van der Waals surface area contributed by atoms with Crippen molar-refractivity contribution in [1.82, 2.24) is 9.78 Å². The summed E-state index contributed by atoms with van der Waals surface area (Å²) in [5.41, 5.74) is 3.50. The highest BCUT2D eigenvalue weighted by Crippen LogP contribution is 2.25. The number of hydrogen-bond acceptors (Lipinski definition) is 3. The number of aliphatic hydroxyl groups excluding tert-OH is 1. The van der Waals surface area contributed by atoms with Crippen molar-refractivity contribution in [3.63, 3.8) is 0 Å². The van der Waals surface area contributed by atoms with Crippen LogP contribution in [0.25, 0.3) is 22.0 Å². The minimum atomic E-state index is 0.111. The van der Waals surface area contributed by atoms with Gasteiger partial charge in [0, 0.05) is 5.39 Å². The highest BCUT2D eigenvalue weighted by atomic mass is 32.1. The molecular formula is C13H12N2OS. The van der Waals surface area contributed by atoms with Gasteiger partial charge in [-0.25, -0.2) is 0 Å². The van der Waals surface area contributed by atoms with Crippen molar-refractivity contribution >= 4 is 22.2 Å². The second kappa shape index (κ2) is 4.31. The van der Waals surface area contributed by atoms with Gasteiger partial charge < -0.3 is 5.11 Å². The molecule has 2 aromatic heterocycles. The number of aromatic nitrogens is 2. The van der Waals surface area contributed by atoms with Gasteiger partial charge in [-0.15, -0.1) is 0 Å². The maximum absolute atomic E-state index is 8.99. The predicted octanol–water partition coefficient (Wildman–Crippen LogP) is 2.76. The van der Waals surface area contributed by atoms with Gasteiger partial charge in [0.1, 0.15) is 0 Å². The van der Waals surface area contributed by atoms with Crippen LogP contribution >= 0.6 is 11.3 Å². The lowest BCUT2D eigenvalue weighted by Gasteiger charge is -2.02. The molecule has 0 bridgehead atoms. The molecule has 0 radical (unpaired) electrons. The van der Waals surface area contributed by atoms with Gasteiger partial charge in [0.2, 0.25) is 0 Å². The van der Waals surface area contributed by atoms with Crippen LogP contribution in [-0.2, 0) is 6.54 Å². The Morgan fingerprint density at radius 2 is 2.18 bits per heavy atom. The third-order valence-electron chi connectivity index (χ3n) is 2.81. The Kier molecular flexibility index (Phi) is 2.66. The van der Waals surface area contributed by atoms with Crippen LogP contribution in [0.5, 0.6) is 0 Å². The van der Waals surface area contributed by atoms with Crippen molar-refractivity contribution < 1.29 is 5.11 Å². The van der Waals surface area contributed by atoms with Crippen LogP contribution in [0.1, 0.15) is 0 Å². The molecule has 0 amide bonds. The zero-order valence-electron chi connectivity index (χ0n) is 9.21. The van der Waals surface area contributed by atoms with Crippen molar-refractivity contribution in [2.24, 2.45) is 0 Å². The maximum Gasteiger partial charge on any atom is 0.0689 e. The van der Waals surface area contributed by atoms with E-state index in [1.54, 1.807) is 11.3 Å². The molecule has 3 rings (SSSR count). The summed E-state index contributed by atoms with van der Waals surface area (Å²) in [6.45, 7) is 0.649. The highest BCUT2D eigenvalue weighted by molar-refractivity contribution is 7.08. The Morgan fingerprint density at radius 3 is 2.94 bits per heavy atom. The molecule has 86 valence electrons. The first-order valence-corrected chi connectivity index (χ1v) is 6.42. The van der Waals surface area contributed by atoms with Crippen molar-refractivity contribution in [2.75, 3.05) is 6.61 Å². The molecule has 2 heterocycles. The van der Waals surface area contributed by atoms with Gasteiger partial charge in [0.15, 0.2) is 0 Å². The highest BCUT2D eigenvalue weighted by Gasteiger charge is 2.05. The third kappa shape index (κ3) is 1.85. The summed E-state index contributed by atoms with van der Waals surface area (Å²) >= 11 is 1.69. The molecule has 0 fully saturated rings. The minimum Gasteiger partial charge on any atom is -0.394 e. The smallest absolute Gasteiger partial charge is 0.0689 e. The van der Waals surface area contributed by atoms with E-state index in [1.807, 2.05) is 10.9 Å². The molecule has 0 aliphatic rings. The van der Waals surface area contributed by atoms with Crippen molar-refractivity contribution in [2.45, 2.75) is 6.54 Å². The minimum absolute atomic E-state index is 0.111. The van der Waals surface area contributed by atoms with E-state index in [0.717, 1.165) is 10.9 Å². The van der Waals surface area contributed by atoms with Gasteiger partial charge in [0.25, 0.3) is 0 Å². The van der Waals surface area contributed by atoms with E-state index < -0.39 is 0 Å². The molecule has 17 heavy (non-hydrogen) atoms. The zero-order chi connectivity index (χ0) is 11.7. The third-order valence-corrected chi connectivity index (χ3v) is 3.49. The first-order chi connectivity index (χ1) is 8.38. The van der Waals surface area contributed by atoms with Gasteiger partial charge in [-0.05, 0) is 34.0 Å². The van der Waals surface area contributed by atoms with Gasteiger partial charge in [-0.1, -0.05) is 12.1 Å². The summed E-state index contributed by atoms with van der Waals surface area (Å²) in [4.78, 5) is 0. The SMILES string of the molecule is OCCn1ncc2ccc(-c3ccsc3)cc21. The van der Waals surface area contributed by atoms with E-state index in [-0.39, 0.29) is 6.61 Å². The van der Waals surface area contributed by atoms with Crippen LogP contribution in [0.15, 0.2) is 41.2 Å². The molecule has 0 unspecified atom stereocenters. The van der Waals surface area contributed by atoms with Crippen molar-refractivity contribution in [1.29, 1.82) is 0 Å². The molecule has 0 aliphatic heterocycles. The van der Waals surface area contributed by atoms with E-state index in [0.29, 0.717) is 6.54 Å². The average molecular weight is 244 g/mol. The summed E-state index contributed by atoms with van der Waals surface area (Å²) in [6.07, 6.45) is 1.84. The largest absolute Gasteiger partial charge is 0.394 e. The van der Waals surface area contributed by atoms with Gasteiger partial charge in [-0.2, -0.15) is 16.4 Å². The Morgan fingerprint density at radius 1 is 1.24 bits per heavy atom. The van der Waals surface area contributed by atoms with E-state index in [1.165, 1.54) is 11.1 Å². The van der Waals surface area contributed by atoms with Crippen LogP contribution < -0.4 is 0 Å². The molecule has 3 aromatic rings. The normalized spacial score (nSPS) is 11.1. The lowest BCUT2D eigenvalue weighted by Crippen LogP contribution is -2.03. The predicted molar refractivity (Wildman–Crippen MR) is 70.1 cm³/mol. The fourth-order valence-electron chi connectivity index (χ4n) is 1.95. The van der Waals surface area contributed by atoms with Crippen LogP contribution in [-0.4, -0.2) is 21.5 Å². The number of thiophene rings is 1. The molecule has 0 spiro atoms. The van der Waals surface area contributed by atoms with Gasteiger partial charge >= 0.3 is 0 Å². The molecule has 3 nitrogen and oxygen atoms in total. The molecule has 0 atom stereocenters. The molecule has 1 aromatic carbocycles.